The van der Waals surface area contributed by atoms with Gasteiger partial charge in [-0.3, -0.25) is 0 Å². The first-order chi connectivity index (χ1) is 8.52. The predicted octanol–water partition coefficient (Wildman–Crippen LogP) is 2.65. The van der Waals surface area contributed by atoms with Crippen molar-refractivity contribution in [2.75, 3.05) is 7.11 Å². The Morgan fingerprint density at radius 3 is 2.61 bits per heavy atom. The summed E-state index contributed by atoms with van der Waals surface area (Å²) in [5, 5.41) is 9.56. The van der Waals surface area contributed by atoms with E-state index in [9.17, 15) is 5.11 Å². The molecule has 0 spiro atoms. The summed E-state index contributed by atoms with van der Waals surface area (Å²) in [5.74, 6) is 1.39. The molecule has 2 rings (SSSR count). The van der Waals surface area contributed by atoms with Crippen LogP contribution in [-0.2, 0) is 4.74 Å². The SMILES string of the molecule is COC1C(O)CC1Oc1cc(C(C)C)ccc1C. The van der Waals surface area contributed by atoms with Gasteiger partial charge in [0.2, 0.25) is 0 Å². The highest BCUT2D eigenvalue weighted by molar-refractivity contribution is 5.38. The average Bonchev–Trinajstić information content (AvgIpc) is 2.31. The fraction of sp³-hybridized carbons (Fsp3) is 0.600. The highest BCUT2D eigenvalue weighted by atomic mass is 16.6. The second kappa shape index (κ2) is 5.29. The first-order valence-corrected chi connectivity index (χ1v) is 6.51. The van der Waals surface area contributed by atoms with E-state index in [0.717, 1.165) is 11.3 Å². The standard InChI is InChI=1S/C15H22O3/c1-9(2)11-6-5-10(3)13(7-11)18-14-8-12(16)15(14)17-4/h5-7,9,12,14-16H,8H2,1-4H3. The molecule has 1 N–H and O–H groups in total. The summed E-state index contributed by atoms with van der Waals surface area (Å²) < 4.78 is 11.2. The van der Waals surface area contributed by atoms with Crippen molar-refractivity contribution in [2.24, 2.45) is 0 Å². The Labute approximate surface area is 109 Å². The van der Waals surface area contributed by atoms with Gasteiger partial charge in [0.05, 0.1) is 6.10 Å². The first kappa shape index (κ1) is 13.4. The van der Waals surface area contributed by atoms with E-state index in [1.54, 1.807) is 7.11 Å². The Hall–Kier alpha value is -1.06. The summed E-state index contributed by atoms with van der Waals surface area (Å²) in [6.07, 6.45) is 0.0101. The van der Waals surface area contributed by atoms with Crippen molar-refractivity contribution in [3.63, 3.8) is 0 Å². The Balaban J connectivity index is 2.11. The molecule has 3 heteroatoms. The highest BCUT2D eigenvalue weighted by Crippen LogP contribution is 2.31. The quantitative estimate of drug-likeness (QED) is 0.893. The zero-order valence-corrected chi connectivity index (χ0v) is 11.5. The third-order valence-electron chi connectivity index (χ3n) is 3.65. The molecule has 100 valence electrons. The van der Waals surface area contributed by atoms with Crippen molar-refractivity contribution >= 4 is 0 Å². The monoisotopic (exact) mass is 250 g/mol. The van der Waals surface area contributed by atoms with E-state index in [2.05, 4.69) is 32.0 Å². The van der Waals surface area contributed by atoms with Crippen LogP contribution in [0, 0.1) is 6.92 Å². The number of methoxy groups -OCH3 is 1. The molecule has 0 aromatic heterocycles. The minimum absolute atomic E-state index is 0.0360. The molecule has 0 aliphatic heterocycles. The van der Waals surface area contributed by atoms with Crippen LogP contribution >= 0.6 is 0 Å². The topological polar surface area (TPSA) is 38.7 Å². The molecule has 0 heterocycles. The van der Waals surface area contributed by atoms with Gasteiger partial charge in [0.25, 0.3) is 0 Å². The van der Waals surface area contributed by atoms with Gasteiger partial charge in [0, 0.05) is 13.5 Å². The van der Waals surface area contributed by atoms with Crippen LogP contribution in [0.3, 0.4) is 0 Å². The number of ether oxygens (including phenoxy) is 2. The Bertz CT molecular complexity index is 414. The van der Waals surface area contributed by atoms with Crippen molar-refractivity contribution in [1.82, 2.24) is 0 Å². The molecule has 1 aromatic rings. The summed E-state index contributed by atoms with van der Waals surface area (Å²) in [5.41, 5.74) is 2.39. The summed E-state index contributed by atoms with van der Waals surface area (Å²) >= 11 is 0. The molecule has 3 unspecified atom stereocenters. The van der Waals surface area contributed by atoms with Crippen LogP contribution in [0.25, 0.3) is 0 Å². The normalized spacial score (nSPS) is 27.1. The molecule has 3 nitrogen and oxygen atoms in total. The largest absolute Gasteiger partial charge is 0.487 e. The second-order valence-electron chi connectivity index (χ2n) is 5.34. The van der Waals surface area contributed by atoms with E-state index in [-0.39, 0.29) is 12.2 Å². The summed E-state index contributed by atoms with van der Waals surface area (Å²) in [7, 11) is 1.61. The van der Waals surface area contributed by atoms with E-state index in [1.807, 2.05) is 6.92 Å². The zero-order chi connectivity index (χ0) is 13.3. The molecule has 1 aliphatic rings. The van der Waals surface area contributed by atoms with E-state index in [4.69, 9.17) is 9.47 Å². The lowest BCUT2D eigenvalue weighted by atomic mass is 9.88. The maximum atomic E-state index is 9.56. The molecule has 1 aliphatic carbocycles. The summed E-state index contributed by atoms with van der Waals surface area (Å²) in [6.45, 7) is 6.37. The molecule has 0 amide bonds. The van der Waals surface area contributed by atoms with E-state index in [1.165, 1.54) is 5.56 Å². The lowest BCUT2D eigenvalue weighted by Gasteiger charge is -2.40. The number of hydrogen-bond acceptors (Lipinski definition) is 3. The maximum Gasteiger partial charge on any atom is 0.130 e. The predicted molar refractivity (Wildman–Crippen MR) is 71.1 cm³/mol. The number of rotatable bonds is 4. The number of aryl methyl sites for hydroxylation is 1. The van der Waals surface area contributed by atoms with Gasteiger partial charge in [0.1, 0.15) is 18.0 Å². The van der Waals surface area contributed by atoms with E-state index in [0.29, 0.717) is 12.3 Å². The van der Waals surface area contributed by atoms with Crippen LogP contribution in [-0.4, -0.2) is 30.5 Å². The van der Waals surface area contributed by atoms with E-state index >= 15 is 0 Å². The van der Waals surface area contributed by atoms with Crippen LogP contribution in [0.2, 0.25) is 0 Å². The van der Waals surface area contributed by atoms with Crippen molar-refractivity contribution in [3.05, 3.63) is 29.3 Å². The molecule has 0 saturated heterocycles. The number of aliphatic hydroxyl groups excluding tert-OH is 1. The molecule has 1 aromatic carbocycles. The minimum Gasteiger partial charge on any atom is -0.487 e. The lowest BCUT2D eigenvalue weighted by molar-refractivity contribution is -0.149. The molecule has 3 atom stereocenters. The van der Waals surface area contributed by atoms with Gasteiger partial charge in [0.15, 0.2) is 0 Å². The van der Waals surface area contributed by atoms with Crippen molar-refractivity contribution in [3.8, 4) is 5.75 Å². The van der Waals surface area contributed by atoms with Crippen LogP contribution in [0.1, 0.15) is 37.3 Å². The van der Waals surface area contributed by atoms with Gasteiger partial charge in [-0.05, 0) is 30.0 Å². The van der Waals surface area contributed by atoms with Crippen LogP contribution in [0.4, 0.5) is 0 Å². The Morgan fingerprint density at radius 2 is 2.06 bits per heavy atom. The molecule has 1 saturated carbocycles. The maximum absolute atomic E-state index is 9.56. The van der Waals surface area contributed by atoms with Gasteiger partial charge in [-0.1, -0.05) is 26.0 Å². The van der Waals surface area contributed by atoms with Crippen LogP contribution in [0.15, 0.2) is 18.2 Å². The fourth-order valence-electron chi connectivity index (χ4n) is 2.25. The molecule has 18 heavy (non-hydrogen) atoms. The number of aliphatic hydroxyl groups is 1. The van der Waals surface area contributed by atoms with E-state index < -0.39 is 6.10 Å². The zero-order valence-electron chi connectivity index (χ0n) is 11.5. The van der Waals surface area contributed by atoms with Crippen LogP contribution in [0.5, 0.6) is 5.75 Å². The van der Waals surface area contributed by atoms with Gasteiger partial charge >= 0.3 is 0 Å². The molecular formula is C15H22O3. The molecule has 0 bridgehead atoms. The van der Waals surface area contributed by atoms with Gasteiger partial charge in [-0.25, -0.2) is 0 Å². The lowest BCUT2D eigenvalue weighted by Crippen LogP contribution is -2.54. The van der Waals surface area contributed by atoms with Crippen molar-refractivity contribution in [2.45, 2.75) is 51.4 Å². The highest BCUT2D eigenvalue weighted by Gasteiger charge is 2.42. The second-order valence-corrected chi connectivity index (χ2v) is 5.34. The van der Waals surface area contributed by atoms with Crippen molar-refractivity contribution < 1.29 is 14.6 Å². The van der Waals surface area contributed by atoms with Crippen molar-refractivity contribution in [1.29, 1.82) is 0 Å². The fourth-order valence-corrected chi connectivity index (χ4v) is 2.25. The van der Waals surface area contributed by atoms with Gasteiger partial charge < -0.3 is 14.6 Å². The van der Waals surface area contributed by atoms with Gasteiger partial charge in [-0.15, -0.1) is 0 Å². The first-order valence-electron chi connectivity index (χ1n) is 6.51. The molecular weight excluding hydrogens is 228 g/mol. The number of benzene rings is 1. The third-order valence-corrected chi connectivity index (χ3v) is 3.65. The summed E-state index contributed by atoms with van der Waals surface area (Å²) in [6, 6.07) is 6.31. The third kappa shape index (κ3) is 2.52. The molecule has 0 radical (unpaired) electrons. The Morgan fingerprint density at radius 1 is 1.33 bits per heavy atom. The average molecular weight is 250 g/mol. The molecule has 1 fully saturated rings. The van der Waals surface area contributed by atoms with Gasteiger partial charge in [-0.2, -0.15) is 0 Å². The van der Waals surface area contributed by atoms with Crippen LogP contribution < -0.4 is 4.74 Å². The number of hydrogen-bond donors (Lipinski definition) is 1. The smallest absolute Gasteiger partial charge is 0.130 e. The Kier molecular flexibility index (Phi) is 3.93. The minimum atomic E-state index is -0.395. The summed E-state index contributed by atoms with van der Waals surface area (Å²) in [4.78, 5) is 0.